The SMILES string of the molecule is CC(Sc1cccc(NC(=O)/C(=C\c2ccc(N(C)C)cc2)NC(=O)c2ccccc2)c1)C(=O)Nc1cc(C(=O)O)ccc1Cl. The van der Waals surface area contributed by atoms with E-state index in [1.54, 1.807) is 67.6 Å². The molecule has 0 aromatic heterocycles. The Balaban J connectivity index is 1.49. The summed E-state index contributed by atoms with van der Waals surface area (Å²) in [4.78, 5) is 53.3. The van der Waals surface area contributed by atoms with Gasteiger partial charge in [-0.2, -0.15) is 0 Å². The van der Waals surface area contributed by atoms with E-state index in [2.05, 4.69) is 16.0 Å². The number of thioether (sulfide) groups is 1. The van der Waals surface area contributed by atoms with E-state index in [4.69, 9.17) is 11.6 Å². The van der Waals surface area contributed by atoms with Crippen molar-refractivity contribution in [3.05, 3.63) is 124 Å². The van der Waals surface area contributed by atoms with Gasteiger partial charge in [0.1, 0.15) is 5.70 Å². The van der Waals surface area contributed by atoms with Crippen LogP contribution in [0.1, 0.15) is 33.2 Å². The molecule has 9 nitrogen and oxygen atoms in total. The van der Waals surface area contributed by atoms with Crippen LogP contribution in [0.25, 0.3) is 6.08 Å². The van der Waals surface area contributed by atoms with E-state index in [-0.39, 0.29) is 27.9 Å². The average molecular weight is 643 g/mol. The van der Waals surface area contributed by atoms with Crippen LogP contribution in [0, 0.1) is 0 Å². The summed E-state index contributed by atoms with van der Waals surface area (Å²) in [7, 11) is 3.86. The molecule has 0 heterocycles. The van der Waals surface area contributed by atoms with Crippen molar-refractivity contribution in [1.82, 2.24) is 5.32 Å². The molecule has 0 aliphatic carbocycles. The molecule has 11 heteroatoms. The number of benzene rings is 4. The number of nitrogens with zero attached hydrogens (tertiary/aromatic N) is 1. The van der Waals surface area contributed by atoms with E-state index in [1.807, 2.05) is 43.3 Å². The topological polar surface area (TPSA) is 128 Å². The Morgan fingerprint density at radius 3 is 2.22 bits per heavy atom. The predicted molar refractivity (Wildman–Crippen MR) is 180 cm³/mol. The van der Waals surface area contributed by atoms with Crippen molar-refractivity contribution in [2.24, 2.45) is 0 Å². The summed E-state index contributed by atoms with van der Waals surface area (Å²) in [5, 5.41) is 17.1. The van der Waals surface area contributed by atoms with Crippen molar-refractivity contribution < 1.29 is 24.3 Å². The summed E-state index contributed by atoms with van der Waals surface area (Å²) in [5.41, 5.74) is 2.81. The van der Waals surface area contributed by atoms with Crippen molar-refractivity contribution in [3.8, 4) is 0 Å². The molecule has 4 aromatic rings. The highest BCUT2D eigenvalue weighted by Crippen LogP contribution is 2.29. The molecule has 4 rings (SSSR count). The molecule has 0 aliphatic rings. The number of carboxylic acid groups (broad SMARTS) is 1. The molecule has 0 fully saturated rings. The third-order valence-electron chi connectivity index (χ3n) is 6.49. The molecule has 3 amide bonds. The summed E-state index contributed by atoms with van der Waals surface area (Å²) in [5.74, 6) is -2.48. The number of carbonyl (C=O) groups excluding carboxylic acids is 3. The van der Waals surface area contributed by atoms with Crippen molar-refractivity contribution in [3.63, 3.8) is 0 Å². The molecule has 0 aliphatic heterocycles. The van der Waals surface area contributed by atoms with Crippen molar-refractivity contribution in [2.75, 3.05) is 29.6 Å². The molecule has 0 spiro atoms. The third kappa shape index (κ3) is 9.21. The molecular weight excluding hydrogens is 612 g/mol. The predicted octanol–water partition coefficient (Wildman–Crippen LogP) is 6.63. The highest BCUT2D eigenvalue weighted by molar-refractivity contribution is 8.00. The number of nitrogens with one attached hydrogen (secondary N) is 3. The van der Waals surface area contributed by atoms with Gasteiger partial charge >= 0.3 is 5.97 Å². The molecule has 45 heavy (non-hydrogen) atoms. The van der Waals surface area contributed by atoms with E-state index in [0.717, 1.165) is 11.3 Å². The first kappa shape index (κ1) is 32.8. The smallest absolute Gasteiger partial charge is 0.335 e. The molecule has 0 radical (unpaired) electrons. The van der Waals surface area contributed by atoms with Gasteiger partial charge in [-0.25, -0.2) is 4.79 Å². The van der Waals surface area contributed by atoms with Gasteiger partial charge in [-0.1, -0.05) is 48.0 Å². The van der Waals surface area contributed by atoms with Gasteiger partial charge in [-0.15, -0.1) is 11.8 Å². The van der Waals surface area contributed by atoms with Gasteiger partial charge in [0.25, 0.3) is 11.8 Å². The molecule has 0 bridgehead atoms. The van der Waals surface area contributed by atoms with Gasteiger partial charge in [-0.05, 0) is 79.2 Å². The Hall–Kier alpha value is -5.06. The van der Waals surface area contributed by atoms with Gasteiger partial charge in [0.05, 0.1) is 21.5 Å². The van der Waals surface area contributed by atoms with Gasteiger partial charge in [0.2, 0.25) is 5.91 Å². The number of halogens is 1. The second-order valence-corrected chi connectivity index (χ2v) is 11.9. The van der Waals surface area contributed by atoms with Crippen molar-refractivity contribution >= 4 is 70.2 Å². The summed E-state index contributed by atoms with van der Waals surface area (Å²) >= 11 is 7.39. The fourth-order valence-corrected chi connectivity index (χ4v) is 5.16. The van der Waals surface area contributed by atoms with Crippen LogP contribution in [0.4, 0.5) is 17.1 Å². The van der Waals surface area contributed by atoms with Crippen LogP contribution >= 0.6 is 23.4 Å². The Bertz CT molecular complexity index is 1740. The fraction of sp³-hybridized carbons (Fsp3) is 0.118. The maximum absolute atomic E-state index is 13.5. The first-order valence-corrected chi connectivity index (χ1v) is 15.0. The van der Waals surface area contributed by atoms with Crippen LogP contribution in [-0.4, -0.2) is 48.1 Å². The lowest BCUT2D eigenvalue weighted by Crippen LogP contribution is -2.30. The lowest BCUT2D eigenvalue weighted by Gasteiger charge is -2.15. The minimum atomic E-state index is -1.14. The number of carbonyl (C=O) groups is 4. The highest BCUT2D eigenvalue weighted by atomic mass is 35.5. The molecule has 4 aromatic carbocycles. The van der Waals surface area contributed by atoms with Crippen LogP contribution < -0.4 is 20.9 Å². The lowest BCUT2D eigenvalue weighted by molar-refractivity contribution is -0.115. The number of aromatic carboxylic acids is 1. The van der Waals surface area contributed by atoms with Crippen LogP contribution in [0.5, 0.6) is 0 Å². The van der Waals surface area contributed by atoms with E-state index in [0.29, 0.717) is 16.1 Å². The molecule has 0 saturated carbocycles. The lowest BCUT2D eigenvalue weighted by atomic mass is 10.1. The average Bonchev–Trinajstić information content (AvgIpc) is 3.02. The van der Waals surface area contributed by atoms with Crippen LogP contribution in [0.3, 0.4) is 0 Å². The van der Waals surface area contributed by atoms with Crippen molar-refractivity contribution in [2.45, 2.75) is 17.1 Å². The zero-order valence-electron chi connectivity index (χ0n) is 24.7. The molecule has 1 unspecified atom stereocenters. The normalized spacial score (nSPS) is 11.7. The highest BCUT2D eigenvalue weighted by Gasteiger charge is 2.19. The third-order valence-corrected chi connectivity index (χ3v) is 7.92. The molecule has 230 valence electrons. The minimum Gasteiger partial charge on any atom is -0.478 e. The summed E-state index contributed by atoms with van der Waals surface area (Å²) in [6.45, 7) is 1.70. The number of amides is 3. The van der Waals surface area contributed by atoms with Gasteiger partial charge in [0, 0.05) is 35.9 Å². The first-order valence-electron chi connectivity index (χ1n) is 13.8. The van der Waals surface area contributed by atoms with Crippen molar-refractivity contribution in [1.29, 1.82) is 0 Å². The Morgan fingerprint density at radius 2 is 1.56 bits per heavy atom. The number of carboxylic acids is 1. The standard InChI is InChI=1S/C34H31ClN4O5S/c1-21(31(40)37-29-19-24(34(43)44)14-17-28(29)35)45-27-11-7-10-25(20-27)36-33(42)30(38-32(41)23-8-5-4-6-9-23)18-22-12-15-26(16-13-22)39(2)3/h4-21H,1-3H3,(H,36,42)(H,37,40)(H,38,41)(H,43,44)/b30-18+. The molecule has 0 saturated heterocycles. The molecular formula is C34H31ClN4O5S. The fourth-order valence-electron chi connectivity index (χ4n) is 4.07. The maximum atomic E-state index is 13.5. The molecule has 4 N–H and O–H groups in total. The Kier molecular flexibility index (Phi) is 11.0. The summed E-state index contributed by atoms with van der Waals surface area (Å²) < 4.78 is 0. The zero-order chi connectivity index (χ0) is 32.5. The largest absolute Gasteiger partial charge is 0.478 e. The van der Waals surface area contributed by atoms with E-state index < -0.39 is 23.0 Å². The van der Waals surface area contributed by atoms with Crippen LogP contribution in [0.15, 0.2) is 108 Å². The first-order chi connectivity index (χ1) is 21.5. The number of hydrogen-bond donors (Lipinski definition) is 4. The Labute approximate surface area is 270 Å². The van der Waals surface area contributed by atoms with Crippen LogP contribution in [0.2, 0.25) is 5.02 Å². The van der Waals surface area contributed by atoms with E-state index in [1.165, 1.54) is 30.0 Å². The number of hydrogen-bond acceptors (Lipinski definition) is 6. The van der Waals surface area contributed by atoms with Gasteiger partial charge in [0.15, 0.2) is 0 Å². The Morgan fingerprint density at radius 1 is 0.844 bits per heavy atom. The minimum absolute atomic E-state index is 0.00240. The number of anilines is 3. The van der Waals surface area contributed by atoms with Gasteiger partial charge < -0.3 is 26.0 Å². The molecule has 1 atom stereocenters. The monoisotopic (exact) mass is 642 g/mol. The van der Waals surface area contributed by atoms with Crippen LogP contribution in [-0.2, 0) is 9.59 Å². The van der Waals surface area contributed by atoms with E-state index in [9.17, 15) is 24.3 Å². The summed E-state index contributed by atoms with van der Waals surface area (Å²) in [6.07, 6.45) is 1.60. The zero-order valence-corrected chi connectivity index (χ0v) is 26.3. The van der Waals surface area contributed by atoms with Gasteiger partial charge in [-0.3, -0.25) is 14.4 Å². The second-order valence-electron chi connectivity index (χ2n) is 10.1. The maximum Gasteiger partial charge on any atom is 0.335 e. The quantitative estimate of drug-likeness (QED) is 0.107. The summed E-state index contributed by atoms with van der Waals surface area (Å²) in [6, 6.07) is 27.1. The number of rotatable bonds is 11. The van der Waals surface area contributed by atoms with E-state index >= 15 is 0 Å². The second kappa shape index (κ2) is 15.1.